The van der Waals surface area contributed by atoms with Crippen molar-refractivity contribution in [3.05, 3.63) is 53.6 Å². The lowest BCUT2D eigenvalue weighted by Gasteiger charge is -2.09. The molecule has 0 atom stereocenters. The Morgan fingerprint density at radius 1 is 1.04 bits per heavy atom. The zero-order valence-corrected chi connectivity index (χ0v) is 14.8. The van der Waals surface area contributed by atoms with Crippen LogP contribution in [-0.2, 0) is 9.59 Å². The number of rotatable bonds is 8. The second kappa shape index (κ2) is 10.1. The van der Waals surface area contributed by atoms with Crippen molar-refractivity contribution in [3.63, 3.8) is 0 Å². The van der Waals surface area contributed by atoms with Gasteiger partial charge in [-0.05, 0) is 36.8 Å². The van der Waals surface area contributed by atoms with Crippen molar-refractivity contribution in [1.29, 1.82) is 5.26 Å². The number of nitrogens with zero attached hydrogens (tertiary/aromatic N) is 1. The first-order valence-corrected chi connectivity index (χ1v) is 8.40. The van der Waals surface area contributed by atoms with E-state index in [1.165, 1.54) is 0 Å². The fraction of sp³-hybridized carbons (Fsp3) is 0.211. The predicted molar refractivity (Wildman–Crippen MR) is 100 cm³/mol. The molecule has 0 aliphatic carbocycles. The summed E-state index contributed by atoms with van der Waals surface area (Å²) in [5, 5.41) is 14.4. The first-order chi connectivity index (χ1) is 12.6. The number of carbonyl (C=O) groups is 2. The highest BCUT2D eigenvalue weighted by Crippen LogP contribution is 2.23. The first-order valence-electron chi connectivity index (χ1n) is 8.02. The molecule has 0 bridgehead atoms. The van der Waals surface area contributed by atoms with Crippen molar-refractivity contribution in [3.8, 4) is 11.8 Å². The van der Waals surface area contributed by atoms with Crippen LogP contribution in [0.15, 0.2) is 48.5 Å². The largest absolute Gasteiger partial charge is 0.492 e. The van der Waals surface area contributed by atoms with Gasteiger partial charge >= 0.3 is 0 Å². The molecule has 0 fully saturated rings. The summed E-state index contributed by atoms with van der Waals surface area (Å²) in [6.45, 7) is 0.376. The second-order valence-electron chi connectivity index (χ2n) is 5.39. The molecule has 0 saturated heterocycles. The highest BCUT2D eigenvalue weighted by Gasteiger charge is 2.06. The standard InChI is InChI=1S/C19H18ClN3O3/c20-16-7-1-2-8-17(16)26-12-4-9-18(24)22-14-5-3-6-15(13-14)23-19(25)10-11-21/h1-3,5-8,13H,4,9-10,12H2,(H,22,24)(H,23,25). The Bertz CT molecular complexity index is 818. The van der Waals surface area contributed by atoms with Crippen LogP contribution in [0.2, 0.25) is 5.02 Å². The fourth-order valence-corrected chi connectivity index (χ4v) is 2.34. The zero-order chi connectivity index (χ0) is 18.8. The molecule has 0 aliphatic heterocycles. The SMILES string of the molecule is N#CCC(=O)Nc1cccc(NC(=O)CCCOc2ccccc2Cl)c1. The number of carbonyl (C=O) groups excluding carboxylic acids is 2. The quantitative estimate of drug-likeness (QED) is 0.686. The van der Waals surface area contributed by atoms with Crippen molar-refractivity contribution >= 4 is 34.8 Å². The molecule has 2 aromatic carbocycles. The number of hydrogen-bond donors (Lipinski definition) is 2. The second-order valence-corrected chi connectivity index (χ2v) is 5.80. The summed E-state index contributed by atoms with van der Waals surface area (Å²) in [7, 11) is 0. The molecular weight excluding hydrogens is 354 g/mol. The van der Waals surface area contributed by atoms with Crippen LogP contribution in [0.1, 0.15) is 19.3 Å². The summed E-state index contributed by atoms with van der Waals surface area (Å²) < 4.78 is 5.54. The number of hydrogen-bond acceptors (Lipinski definition) is 4. The number of anilines is 2. The molecule has 7 heteroatoms. The molecule has 2 rings (SSSR count). The third kappa shape index (κ3) is 6.46. The Balaban J connectivity index is 1.76. The summed E-state index contributed by atoms with van der Waals surface area (Å²) in [6, 6.07) is 15.7. The third-order valence-electron chi connectivity index (χ3n) is 3.31. The molecule has 6 nitrogen and oxygen atoms in total. The Hall–Kier alpha value is -3.04. The van der Waals surface area contributed by atoms with Crippen LogP contribution >= 0.6 is 11.6 Å². The number of benzene rings is 2. The minimum Gasteiger partial charge on any atom is -0.492 e. The normalized spacial score (nSPS) is 9.85. The van der Waals surface area contributed by atoms with E-state index in [2.05, 4.69) is 10.6 Å². The number of para-hydroxylation sites is 1. The molecule has 134 valence electrons. The molecule has 26 heavy (non-hydrogen) atoms. The smallest absolute Gasteiger partial charge is 0.238 e. The van der Waals surface area contributed by atoms with Gasteiger partial charge < -0.3 is 15.4 Å². The van der Waals surface area contributed by atoms with E-state index in [0.29, 0.717) is 35.2 Å². The van der Waals surface area contributed by atoms with Gasteiger partial charge in [0.25, 0.3) is 0 Å². The molecule has 0 unspecified atom stereocenters. The molecule has 0 heterocycles. The maximum Gasteiger partial charge on any atom is 0.238 e. The van der Waals surface area contributed by atoms with E-state index in [9.17, 15) is 9.59 Å². The van der Waals surface area contributed by atoms with Gasteiger partial charge in [0.15, 0.2) is 0 Å². The molecule has 0 aliphatic rings. The van der Waals surface area contributed by atoms with Crippen molar-refractivity contribution in [2.75, 3.05) is 17.2 Å². The van der Waals surface area contributed by atoms with E-state index < -0.39 is 5.91 Å². The zero-order valence-electron chi connectivity index (χ0n) is 14.0. The molecule has 2 aromatic rings. The molecule has 0 aromatic heterocycles. The Labute approximate surface area is 156 Å². The summed E-state index contributed by atoms with van der Waals surface area (Å²) in [6.07, 6.45) is 0.604. The van der Waals surface area contributed by atoms with Crippen molar-refractivity contribution in [1.82, 2.24) is 0 Å². The lowest BCUT2D eigenvalue weighted by Crippen LogP contribution is -2.14. The topological polar surface area (TPSA) is 91.2 Å². The van der Waals surface area contributed by atoms with Crippen molar-refractivity contribution in [2.45, 2.75) is 19.3 Å². The van der Waals surface area contributed by atoms with Gasteiger partial charge in [-0.25, -0.2) is 0 Å². The maximum atomic E-state index is 12.0. The lowest BCUT2D eigenvalue weighted by atomic mass is 10.2. The molecule has 2 amide bonds. The van der Waals surface area contributed by atoms with Crippen LogP contribution in [0.3, 0.4) is 0 Å². The number of nitrogens with one attached hydrogen (secondary N) is 2. The van der Waals surface area contributed by atoms with Gasteiger partial charge in [-0.3, -0.25) is 9.59 Å². The Kier molecular flexibility index (Phi) is 7.47. The van der Waals surface area contributed by atoms with E-state index >= 15 is 0 Å². The molecular formula is C19H18ClN3O3. The monoisotopic (exact) mass is 371 g/mol. The summed E-state index contributed by atoms with van der Waals surface area (Å²) in [5.74, 6) is 0.0383. The average molecular weight is 372 g/mol. The van der Waals surface area contributed by atoms with Gasteiger partial charge in [-0.2, -0.15) is 5.26 Å². The van der Waals surface area contributed by atoms with Crippen LogP contribution in [0.5, 0.6) is 5.75 Å². The van der Waals surface area contributed by atoms with Crippen LogP contribution in [0.4, 0.5) is 11.4 Å². The van der Waals surface area contributed by atoms with Crippen LogP contribution in [0, 0.1) is 11.3 Å². The van der Waals surface area contributed by atoms with E-state index in [1.54, 1.807) is 42.5 Å². The highest BCUT2D eigenvalue weighted by molar-refractivity contribution is 6.32. The minimum atomic E-state index is -0.396. The van der Waals surface area contributed by atoms with Crippen molar-refractivity contribution < 1.29 is 14.3 Å². The van der Waals surface area contributed by atoms with Gasteiger partial charge in [-0.15, -0.1) is 0 Å². The summed E-state index contributed by atoms with van der Waals surface area (Å²) >= 11 is 5.99. The molecule has 0 saturated carbocycles. The summed E-state index contributed by atoms with van der Waals surface area (Å²) in [5.41, 5.74) is 1.09. The Morgan fingerprint density at radius 2 is 1.73 bits per heavy atom. The van der Waals surface area contributed by atoms with Crippen LogP contribution < -0.4 is 15.4 Å². The number of nitriles is 1. The van der Waals surface area contributed by atoms with E-state index in [1.807, 2.05) is 12.1 Å². The average Bonchev–Trinajstić information content (AvgIpc) is 2.60. The lowest BCUT2D eigenvalue weighted by molar-refractivity contribution is -0.116. The van der Waals surface area contributed by atoms with Gasteiger partial charge in [0.1, 0.15) is 12.2 Å². The summed E-state index contributed by atoms with van der Waals surface area (Å²) in [4.78, 5) is 23.4. The van der Waals surface area contributed by atoms with E-state index in [4.69, 9.17) is 21.6 Å². The Morgan fingerprint density at radius 3 is 2.42 bits per heavy atom. The first kappa shape index (κ1) is 19.3. The maximum absolute atomic E-state index is 12.0. The van der Waals surface area contributed by atoms with Gasteiger partial charge in [-0.1, -0.05) is 29.8 Å². The van der Waals surface area contributed by atoms with E-state index in [-0.39, 0.29) is 18.7 Å². The van der Waals surface area contributed by atoms with Crippen LogP contribution in [0.25, 0.3) is 0 Å². The molecule has 0 radical (unpaired) electrons. The molecule has 2 N–H and O–H groups in total. The van der Waals surface area contributed by atoms with Crippen LogP contribution in [-0.4, -0.2) is 18.4 Å². The highest BCUT2D eigenvalue weighted by atomic mass is 35.5. The number of amides is 2. The number of ether oxygens (including phenoxy) is 1. The minimum absolute atomic E-state index is 0.159. The predicted octanol–water partition coefficient (Wildman–Crippen LogP) is 3.99. The van der Waals surface area contributed by atoms with Gasteiger partial charge in [0, 0.05) is 17.8 Å². The van der Waals surface area contributed by atoms with E-state index in [0.717, 1.165) is 0 Å². The van der Waals surface area contributed by atoms with Gasteiger partial charge in [0.05, 0.1) is 17.7 Å². The number of halogens is 1. The fourth-order valence-electron chi connectivity index (χ4n) is 2.15. The van der Waals surface area contributed by atoms with Gasteiger partial charge in [0.2, 0.25) is 11.8 Å². The van der Waals surface area contributed by atoms with Crippen molar-refractivity contribution in [2.24, 2.45) is 0 Å². The molecule has 0 spiro atoms. The third-order valence-corrected chi connectivity index (χ3v) is 3.62.